The molecule has 1 heteroatoms. The van der Waals surface area contributed by atoms with Gasteiger partial charge in [0.15, 0.2) is 0 Å². The van der Waals surface area contributed by atoms with Crippen LogP contribution in [0.25, 0.3) is 0 Å². The Morgan fingerprint density at radius 3 is 2.25 bits per heavy atom. The zero-order valence-corrected chi connectivity index (χ0v) is 6.36. The van der Waals surface area contributed by atoms with E-state index in [0.717, 1.165) is 0 Å². The van der Waals surface area contributed by atoms with Crippen LogP contribution in [0.5, 0.6) is 0 Å². The zero-order chi connectivity index (χ0) is 6.04. The lowest BCUT2D eigenvalue weighted by Crippen LogP contribution is -1.90. The van der Waals surface area contributed by atoms with Crippen LogP contribution in [0.3, 0.4) is 0 Å². The van der Waals surface area contributed by atoms with E-state index in [1.807, 2.05) is 0 Å². The summed E-state index contributed by atoms with van der Waals surface area (Å²) in [7, 11) is -0.604. The molecule has 0 unspecified atom stereocenters. The SMILES string of the molecule is C[P+]1(C)C=CC=CC1. The first kappa shape index (κ1) is 6.04. The molecule has 0 saturated heterocycles. The fourth-order valence-electron chi connectivity index (χ4n) is 0.755. The Balaban J connectivity index is 2.65. The smallest absolute Gasteiger partial charge is 0.0594 e. The van der Waals surface area contributed by atoms with E-state index in [2.05, 4.69) is 37.4 Å². The molecular weight excluding hydrogens is 115 g/mol. The van der Waals surface area contributed by atoms with E-state index < -0.39 is 7.26 Å². The third kappa shape index (κ3) is 1.45. The maximum atomic E-state index is 2.35. The van der Waals surface area contributed by atoms with E-state index in [9.17, 15) is 0 Å². The Morgan fingerprint density at radius 2 is 2.00 bits per heavy atom. The van der Waals surface area contributed by atoms with E-state index in [4.69, 9.17) is 0 Å². The van der Waals surface area contributed by atoms with E-state index in [1.54, 1.807) is 0 Å². The lowest BCUT2D eigenvalue weighted by atomic mass is 10.5. The first-order valence-corrected chi connectivity index (χ1v) is 5.81. The second-order valence-electron chi connectivity index (χ2n) is 2.73. The van der Waals surface area contributed by atoms with E-state index in [-0.39, 0.29) is 0 Å². The lowest BCUT2D eigenvalue weighted by Gasteiger charge is -2.11. The van der Waals surface area contributed by atoms with E-state index in [0.29, 0.717) is 0 Å². The van der Waals surface area contributed by atoms with Gasteiger partial charge in [0.25, 0.3) is 0 Å². The zero-order valence-electron chi connectivity index (χ0n) is 5.46. The predicted octanol–water partition coefficient (Wildman–Crippen LogP) is 2.35. The maximum Gasteiger partial charge on any atom is 0.0812 e. The summed E-state index contributed by atoms with van der Waals surface area (Å²) in [6, 6.07) is 0. The van der Waals surface area contributed by atoms with Crippen molar-refractivity contribution in [2.24, 2.45) is 0 Å². The number of rotatable bonds is 0. The highest BCUT2D eigenvalue weighted by atomic mass is 31.2. The highest BCUT2D eigenvalue weighted by molar-refractivity contribution is 7.77. The molecule has 0 radical (unpaired) electrons. The quantitative estimate of drug-likeness (QED) is 0.438. The molecule has 1 rings (SSSR count). The molecule has 0 N–H and O–H groups in total. The van der Waals surface area contributed by atoms with Gasteiger partial charge in [0.1, 0.15) is 0 Å². The van der Waals surface area contributed by atoms with Gasteiger partial charge in [0.05, 0.1) is 25.3 Å². The molecule has 0 nitrogen and oxygen atoms in total. The second kappa shape index (κ2) is 2.03. The van der Waals surface area contributed by atoms with Crippen LogP contribution in [0.15, 0.2) is 24.0 Å². The highest BCUT2D eigenvalue weighted by Gasteiger charge is 2.19. The molecule has 0 aliphatic carbocycles. The molecule has 8 heavy (non-hydrogen) atoms. The normalized spacial score (nSPS) is 23.8. The summed E-state index contributed by atoms with van der Waals surface area (Å²) in [5, 5.41) is 0. The molecular formula is C7H12P+. The fraction of sp³-hybridized carbons (Fsp3) is 0.429. The summed E-state index contributed by atoms with van der Waals surface area (Å²) in [6.45, 7) is 4.71. The van der Waals surface area contributed by atoms with Crippen molar-refractivity contribution in [3.63, 3.8) is 0 Å². The first-order chi connectivity index (χ1) is 3.71. The van der Waals surface area contributed by atoms with Gasteiger partial charge in [-0.3, -0.25) is 0 Å². The molecule has 0 aromatic heterocycles. The molecule has 1 aliphatic rings. The fourth-order valence-corrected chi connectivity index (χ4v) is 2.11. The monoisotopic (exact) mass is 127 g/mol. The van der Waals surface area contributed by atoms with Crippen LogP contribution in [0.4, 0.5) is 0 Å². The standard InChI is InChI=1S/C7H12P/c1-8(2)6-4-3-5-7-8/h3-6H,7H2,1-2H3/q+1. The molecule has 0 aromatic carbocycles. The van der Waals surface area contributed by atoms with Crippen LogP contribution in [-0.2, 0) is 0 Å². The molecule has 0 bridgehead atoms. The Hall–Kier alpha value is -0.0900. The van der Waals surface area contributed by atoms with Crippen molar-refractivity contribution in [2.45, 2.75) is 0 Å². The minimum Gasteiger partial charge on any atom is -0.0594 e. The largest absolute Gasteiger partial charge is 0.0812 e. The first-order valence-electron chi connectivity index (χ1n) is 2.88. The summed E-state index contributed by atoms with van der Waals surface area (Å²) >= 11 is 0. The molecule has 0 amide bonds. The van der Waals surface area contributed by atoms with E-state index in [1.165, 1.54) is 6.16 Å². The summed E-state index contributed by atoms with van der Waals surface area (Å²) in [4.78, 5) is 0. The summed E-state index contributed by atoms with van der Waals surface area (Å²) in [5.74, 6) is 2.35. The van der Waals surface area contributed by atoms with E-state index >= 15 is 0 Å². The van der Waals surface area contributed by atoms with Crippen molar-refractivity contribution in [1.82, 2.24) is 0 Å². The van der Waals surface area contributed by atoms with Crippen molar-refractivity contribution < 1.29 is 0 Å². The topological polar surface area (TPSA) is 0 Å². The summed E-state index contributed by atoms with van der Waals surface area (Å²) in [5.41, 5.74) is 0. The van der Waals surface area contributed by atoms with Gasteiger partial charge in [-0.25, -0.2) is 0 Å². The van der Waals surface area contributed by atoms with Gasteiger partial charge in [-0.15, -0.1) is 0 Å². The Kier molecular flexibility index (Phi) is 1.53. The van der Waals surface area contributed by atoms with Crippen molar-refractivity contribution in [1.29, 1.82) is 0 Å². The van der Waals surface area contributed by atoms with Crippen LogP contribution in [0, 0.1) is 0 Å². The van der Waals surface area contributed by atoms with Gasteiger partial charge < -0.3 is 0 Å². The van der Waals surface area contributed by atoms with Crippen molar-refractivity contribution >= 4 is 7.26 Å². The maximum absolute atomic E-state index is 2.35. The van der Waals surface area contributed by atoms with Gasteiger partial charge in [-0.1, -0.05) is 6.08 Å². The van der Waals surface area contributed by atoms with Crippen LogP contribution in [0.1, 0.15) is 0 Å². The van der Waals surface area contributed by atoms with Gasteiger partial charge in [0.2, 0.25) is 0 Å². The third-order valence-corrected chi connectivity index (χ3v) is 3.44. The van der Waals surface area contributed by atoms with Crippen molar-refractivity contribution in [3.8, 4) is 0 Å². The average molecular weight is 127 g/mol. The Bertz CT molecular complexity index is 131. The molecule has 0 atom stereocenters. The third-order valence-electron chi connectivity index (χ3n) is 1.31. The minimum absolute atomic E-state index is 0.604. The lowest BCUT2D eigenvalue weighted by molar-refractivity contribution is 1.65. The predicted molar refractivity (Wildman–Crippen MR) is 41.9 cm³/mol. The number of allylic oxidation sites excluding steroid dienone is 3. The van der Waals surface area contributed by atoms with Gasteiger partial charge in [-0.05, 0) is 12.2 Å². The highest BCUT2D eigenvalue weighted by Crippen LogP contribution is 2.53. The molecule has 0 saturated carbocycles. The van der Waals surface area contributed by atoms with Gasteiger partial charge in [0, 0.05) is 7.26 Å². The molecule has 1 aliphatic heterocycles. The van der Waals surface area contributed by atoms with Crippen molar-refractivity contribution in [3.05, 3.63) is 24.0 Å². The second-order valence-corrected chi connectivity index (χ2v) is 6.95. The molecule has 0 spiro atoms. The van der Waals surface area contributed by atoms with Crippen LogP contribution in [-0.4, -0.2) is 19.5 Å². The Labute approximate surface area is 51.6 Å². The number of hydrogen-bond acceptors (Lipinski definition) is 0. The average Bonchev–Trinajstić information content (AvgIpc) is 1.65. The van der Waals surface area contributed by atoms with Crippen LogP contribution < -0.4 is 0 Å². The molecule has 0 aromatic rings. The van der Waals surface area contributed by atoms with Crippen LogP contribution >= 0.6 is 7.26 Å². The number of hydrogen-bond donors (Lipinski definition) is 0. The molecule has 1 heterocycles. The summed E-state index contributed by atoms with van der Waals surface area (Å²) in [6.07, 6.45) is 7.85. The van der Waals surface area contributed by atoms with Crippen LogP contribution in [0.2, 0.25) is 0 Å². The van der Waals surface area contributed by atoms with Crippen molar-refractivity contribution in [2.75, 3.05) is 19.5 Å². The minimum atomic E-state index is -0.604. The molecule has 0 fully saturated rings. The summed E-state index contributed by atoms with van der Waals surface area (Å²) < 4.78 is 0. The van der Waals surface area contributed by atoms with Gasteiger partial charge >= 0.3 is 0 Å². The molecule has 44 valence electrons. The van der Waals surface area contributed by atoms with Gasteiger partial charge in [-0.2, -0.15) is 0 Å². The Morgan fingerprint density at radius 1 is 1.25 bits per heavy atom.